The van der Waals surface area contributed by atoms with Gasteiger partial charge in [0.05, 0.1) is 22.3 Å². The molecule has 0 amide bonds. The Labute approximate surface area is 108 Å². The molecule has 1 heterocycles. The minimum atomic E-state index is 0.141. The Balaban J connectivity index is 2.33. The lowest BCUT2D eigenvalue weighted by atomic mass is 10.2. The van der Waals surface area contributed by atoms with E-state index in [-0.39, 0.29) is 5.28 Å². The van der Waals surface area contributed by atoms with Crippen LogP contribution in [-0.2, 0) is 0 Å². The molecule has 84 valence electrons. The van der Waals surface area contributed by atoms with Crippen LogP contribution in [0.5, 0.6) is 0 Å². The lowest BCUT2D eigenvalue weighted by Crippen LogP contribution is -1.95. The van der Waals surface area contributed by atoms with Gasteiger partial charge in [-0.1, -0.05) is 11.6 Å². The van der Waals surface area contributed by atoms with E-state index in [1.807, 2.05) is 6.07 Å². The van der Waals surface area contributed by atoms with E-state index in [0.717, 1.165) is 0 Å². The number of rotatable bonds is 2. The van der Waals surface area contributed by atoms with Crippen molar-refractivity contribution >= 4 is 34.7 Å². The van der Waals surface area contributed by atoms with E-state index in [2.05, 4.69) is 15.3 Å². The predicted molar refractivity (Wildman–Crippen MR) is 66.5 cm³/mol. The third-order valence-corrected chi connectivity index (χ3v) is 2.50. The quantitative estimate of drug-likeness (QED) is 0.845. The molecule has 0 unspecified atom stereocenters. The third kappa shape index (κ3) is 2.84. The lowest BCUT2D eigenvalue weighted by Gasteiger charge is -2.07. The number of nitrogens with zero attached hydrogens (tertiary/aromatic N) is 3. The first kappa shape index (κ1) is 11.6. The smallest absolute Gasteiger partial charge is 0.224 e. The molecule has 0 aliphatic carbocycles. The van der Waals surface area contributed by atoms with Crippen molar-refractivity contribution in [3.8, 4) is 6.07 Å². The van der Waals surface area contributed by atoms with Gasteiger partial charge < -0.3 is 5.32 Å². The van der Waals surface area contributed by atoms with Crippen molar-refractivity contribution in [1.29, 1.82) is 5.26 Å². The molecule has 17 heavy (non-hydrogen) atoms. The molecule has 0 fully saturated rings. The Morgan fingerprint density at radius 2 is 2.06 bits per heavy atom. The highest BCUT2D eigenvalue weighted by Crippen LogP contribution is 2.25. The lowest BCUT2D eigenvalue weighted by molar-refractivity contribution is 1.17. The molecular weight excluding hydrogens is 259 g/mol. The monoisotopic (exact) mass is 264 g/mol. The molecular formula is C11H6Cl2N4. The van der Waals surface area contributed by atoms with Gasteiger partial charge in [-0.05, 0) is 35.9 Å². The van der Waals surface area contributed by atoms with Gasteiger partial charge in [0.25, 0.3) is 0 Å². The number of hydrogen-bond donors (Lipinski definition) is 1. The summed E-state index contributed by atoms with van der Waals surface area (Å²) in [4.78, 5) is 7.73. The van der Waals surface area contributed by atoms with E-state index < -0.39 is 0 Å². The highest BCUT2D eigenvalue weighted by atomic mass is 35.5. The average molecular weight is 265 g/mol. The van der Waals surface area contributed by atoms with Crippen molar-refractivity contribution in [2.24, 2.45) is 0 Å². The number of hydrogen-bond acceptors (Lipinski definition) is 4. The number of nitriles is 1. The SMILES string of the molecule is N#Cc1ccc(Cl)c(Nc2ccnc(Cl)n2)c1. The minimum absolute atomic E-state index is 0.141. The molecule has 1 N–H and O–H groups in total. The molecule has 0 aliphatic rings. The van der Waals surface area contributed by atoms with Crippen LogP contribution in [0, 0.1) is 11.3 Å². The highest BCUT2D eigenvalue weighted by molar-refractivity contribution is 6.33. The van der Waals surface area contributed by atoms with E-state index in [9.17, 15) is 0 Å². The van der Waals surface area contributed by atoms with Gasteiger partial charge in [-0.3, -0.25) is 0 Å². The number of benzene rings is 1. The summed E-state index contributed by atoms with van der Waals surface area (Å²) in [6.07, 6.45) is 1.53. The molecule has 1 aromatic carbocycles. The van der Waals surface area contributed by atoms with E-state index in [4.69, 9.17) is 28.5 Å². The summed E-state index contributed by atoms with van der Waals surface area (Å²) < 4.78 is 0. The van der Waals surface area contributed by atoms with Crippen LogP contribution < -0.4 is 5.32 Å². The highest BCUT2D eigenvalue weighted by Gasteiger charge is 2.03. The van der Waals surface area contributed by atoms with Crippen molar-refractivity contribution in [1.82, 2.24) is 9.97 Å². The summed E-state index contributed by atoms with van der Waals surface area (Å²) >= 11 is 11.7. The maximum Gasteiger partial charge on any atom is 0.224 e. The average Bonchev–Trinajstić information content (AvgIpc) is 2.32. The Hall–Kier alpha value is -1.83. The second-order valence-corrected chi connectivity index (χ2v) is 3.89. The van der Waals surface area contributed by atoms with Crippen molar-refractivity contribution in [3.05, 3.63) is 46.3 Å². The van der Waals surface area contributed by atoms with Crippen LogP contribution >= 0.6 is 23.2 Å². The number of aromatic nitrogens is 2. The molecule has 1 aromatic heterocycles. The first-order valence-corrected chi connectivity index (χ1v) is 5.40. The molecule has 0 aliphatic heterocycles. The van der Waals surface area contributed by atoms with Crippen LogP contribution in [0.15, 0.2) is 30.5 Å². The molecule has 0 radical (unpaired) electrons. The maximum absolute atomic E-state index is 8.80. The first-order chi connectivity index (χ1) is 8.19. The molecule has 0 saturated heterocycles. The van der Waals surface area contributed by atoms with E-state index in [1.165, 1.54) is 6.20 Å². The zero-order valence-corrected chi connectivity index (χ0v) is 10.00. The second-order valence-electron chi connectivity index (χ2n) is 3.14. The molecule has 0 saturated carbocycles. The van der Waals surface area contributed by atoms with E-state index >= 15 is 0 Å². The molecule has 2 aromatic rings. The van der Waals surface area contributed by atoms with Crippen LogP contribution in [0.2, 0.25) is 10.3 Å². The van der Waals surface area contributed by atoms with Gasteiger partial charge in [0.1, 0.15) is 5.82 Å². The van der Waals surface area contributed by atoms with Crippen LogP contribution in [0.4, 0.5) is 11.5 Å². The predicted octanol–water partition coefficient (Wildman–Crippen LogP) is 3.40. The fourth-order valence-electron chi connectivity index (χ4n) is 1.23. The molecule has 4 nitrogen and oxygen atoms in total. The summed E-state index contributed by atoms with van der Waals surface area (Å²) in [7, 11) is 0. The Bertz CT molecular complexity index is 592. The first-order valence-electron chi connectivity index (χ1n) is 4.64. The van der Waals surface area contributed by atoms with Gasteiger partial charge in [-0.15, -0.1) is 0 Å². The summed E-state index contributed by atoms with van der Waals surface area (Å²) in [6.45, 7) is 0. The Kier molecular flexibility index (Phi) is 3.43. The molecule has 2 rings (SSSR count). The van der Waals surface area contributed by atoms with Gasteiger partial charge in [0.15, 0.2) is 0 Å². The zero-order chi connectivity index (χ0) is 12.3. The molecule has 0 spiro atoms. The van der Waals surface area contributed by atoms with Crippen LogP contribution in [0.3, 0.4) is 0 Å². The van der Waals surface area contributed by atoms with Gasteiger partial charge in [0, 0.05) is 6.20 Å². The zero-order valence-electron chi connectivity index (χ0n) is 8.48. The minimum Gasteiger partial charge on any atom is -0.339 e. The van der Waals surface area contributed by atoms with Crippen LogP contribution in [-0.4, -0.2) is 9.97 Å². The standard InChI is InChI=1S/C11H6Cl2N4/c12-8-2-1-7(6-14)5-9(8)16-10-3-4-15-11(13)17-10/h1-5H,(H,15,16,17). The van der Waals surface area contributed by atoms with Crippen LogP contribution in [0.1, 0.15) is 5.56 Å². The molecule has 0 bridgehead atoms. The van der Waals surface area contributed by atoms with Gasteiger partial charge in [-0.2, -0.15) is 5.26 Å². The van der Waals surface area contributed by atoms with E-state index in [0.29, 0.717) is 22.1 Å². The third-order valence-electron chi connectivity index (χ3n) is 1.98. The molecule has 0 atom stereocenters. The van der Waals surface area contributed by atoms with Crippen LogP contribution in [0.25, 0.3) is 0 Å². The fourth-order valence-corrected chi connectivity index (χ4v) is 1.55. The number of anilines is 2. The summed E-state index contributed by atoms with van der Waals surface area (Å²) in [5.41, 5.74) is 1.11. The van der Waals surface area contributed by atoms with Crippen molar-refractivity contribution in [2.75, 3.05) is 5.32 Å². The van der Waals surface area contributed by atoms with Crippen molar-refractivity contribution in [3.63, 3.8) is 0 Å². The molecule has 6 heteroatoms. The summed E-state index contributed by atoms with van der Waals surface area (Å²) in [6, 6.07) is 8.61. The largest absolute Gasteiger partial charge is 0.339 e. The Morgan fingerprint density at radius 3 is 2.76 bits per heavy atom. The topological polar surface area (TPSA) is 61.6 Å². The van der Waals surface area contributed by atoms with E-state index in [1.54, 1.807) is 24.3 Å². The maximum atomic E-state index is 8.80. The van der Waals surface area contributed by atoms with Gasteiger partial charge >= 0.3 is 0 Å². The van der Waals surface area contributed by atoms with Crippen molar-refractivity contribution < 1.29 is 0 Å². The number of nitrogens with one attached hydrogen (secondary N) is 1. The van der Waals surface area contributed by atoms with Gasteiger partial charge in [0.2, 0.25) is 5.28 Å². The second kappa shape index (κ2) is 5.00. The number of halogens is 2. The Morgan fingerprint density at radius 1 is 1.24 bits per heavy atom. The normalized spacial score (nSPS) is 9.71. The van der Waals surface area contributed by atoms with Crippen molar-refractivity contribution in [2.45, 2.75) is 0 Å². The van der Waals surface area contributed by atoms with Gasteiger partial charge in [-0.25, -0.2) is 9.97 Å². The summed E-state index contributed by atoms with van der Waals surface area (Å²) in [5.74, 6) is 0.516. The fraction of sp³-hybridized carbons (Fsp3) is 0. The summed E-state index contributed by atoms with van der Waals surface area (Å²) in [5, 5.41) is 12.4.